The Morgan fingerprint density at radius 1 is 1.00 bits per heavy atom. The molecule has 1 atom stereocenters. The van der Waals surface area contributed by atoms with Gasteiger partial charge >= 0.3 is 5.69 Å². The monoisotopic (exact) mass is 463 g/mol. The van der Waals surface area contributed by atoms with E-state index in [1.54, 1.807) is 26.3 Å². The van der Waals surface area contributed by atoms with E-state index in [0.29, 0.717) is 46.8 Å². The number of methoxy groups -OCH3 is 2. The van der Waals surface area contributed by atoms with Crippen LogP contribution < -0.4 is 20.7 Å². The topological polar surface area (TPSA) is 96.9 Å². The molecule has 4 aromatic rings. The minimum atomic E-state index is -0.599. The summed E-state index contributed by atoms with van der Waals surface area (Å²) in [6.07, 6.45) is -0.599. The van der Waals surface area contributed by atoms with Crippen molar-refractivity contribution >= 4 is 10.9 Å². The molecule has 9 heteroatoms. The molecule has 2 aromatic heterocycles. The molecule has 0 fully saturated rings. The highest BCUT2D eigenvalue weighted by Gasteiger charge is 2.33. The maximum absolute atomic E-state index is 13.4. The lowest BCUT2D eigenvalue weighted by atomic mass is 10.0. The fourth-order valence-electron chi connectivity index (χ4n) is 4.75. The molecule has 0 spiro atoms. The van der Waals surface area contributed by atoms with E-state index in [9.17, 15) is 14.7 Å². The summed E-state index contributed by atoms with van der Waals surface area (Å²) in [5.74, 6) is 1.03. The third-order valence-electron chi connectivity index (χ3n) is 6.42. The number of ether oxygens (including phenoxy) is 3. The van der Waals surface area contributed by atoms with E-state index in [1.165, 1.54) is 18.7 Å². The van der Waals surface area contributed by atoms with Crippen LogP contribution in [0.5, 0.6) is 17.2 Å². The molecule has 0 saturated carbocycles. The lowest BCUT2D eigenvalue weighted by Crippen LogP contribution is -2.37. The molecular weight excluding hydrogens is 438 g/mol. The quantitative estimate of drug-likeness (QED) is 0.500. The number of phenolic OH excluding ortho intramolecular Hbond substituents is 1. The molecule has 34 heavy (non-hydrogen) atoms. The molecule has 0 unspecified atom stereocenters. The highest BCUT2D eigenvalue weighted by Crippen LogP contribution is 2.42. The molecule has 5 rings (SSSR count). The smallest absolute Gasteiger partial charge is 0.331 e. The Labute approximate surface area is 195 Å². The summed E-state index contributed by atoms with van der Waals surface area (Å²) >= 11 is 0. The molecule has 1 aliphatic rings. The van der Waals surface area contributed by atoms with Crippen molar-refractivity contribution in [3.05, 3.63) is 74.6 Å². The van der Waals surface area contributed by atoms with Crippen LogP contribution >= 0.6 is 0 Å². The minimum absolute atomic E-state index is 0.0169. The molecule has 1 N–H and O–H groups in total. The minimum Gasteiger partial charge on any atom is -0.504 e. The molecule has 0 aliphatic carbocycles. The third-order valence-corrected chi connectivity index (χ3v) is 6.42. The van der Waals surface area contributed by atoms with Crippen LogP contribution in [0.15, 0.2) is 52.1 Å². The maximum Gasteiger partial charge on any atom is 0.331 e. The van der Waals surface area contributed by atoms with E-state index in [2.05, 4.69) is 0 Å². The lowest BCUT2D eigenvalue weighted by molar-refractivity contribution is 0.0477. The number of aryl methyl sites for hydroxylation is 1. The molecule has 0 bridgehead atoms. The summed E-state index contributed by atoms with van der Waals surface area (Å²) < 4.78 is 21.3. The molecular formula is C25H25N3O6. The highest BCUT2D eigenvalue weighted by atomic mass is 16.5. The normalized spacial score (nSPS) is 15.4. The predicted molar refractivity (Wildman–Crippen MR) is 127 cm³/mol. The molecule has 3 heterocycles. The van der Waals surface area contributed by atoms with E-state index in [4.69, 9.17) is 14.2 Å². The summed E-state index contributed by atoms with van der Waals surface area (Å²) in [7, 11) is 6.21. The molecule has 0 amide bonds. The second-order valence-electron chi connectivity index (χ2n) is 8.23. The third kappa shape index (κ3) is 3.12. The maximum atomic E-state index is 13.4. The van der Waals surface area contributed by atoms with E-state index < -0.39 is 11.8 Å². The molecule has 2 aromatic carbocycles. The number of aromatic nitrogens is 3. The van der Waals surface area contributed by atoms with Crippen LogP contribution in [0.25, 0.3) is 22.2 Å². The van der Waals surface area contributed by atoms with E-state index in [-0.39, 0.29) is 11.3 Å². The van der Waals surface area contributed by atoms with Crippen LogP contribution in [0.3, 0.4) is 0 Å². The first-order valence-corrected chi connectivity index (χ1v) is 10.8. The number of fused-ring (bicyclic) bond motifs is 3. The van der Waals surface area contributed by atoms with E-state index in [0.717, 1.165) is 15.8 Å². The number of rotatable bonds is 4. The second kappa shape index (κ2) is 8.11. The lowest BCUT2D eigenvalue weighted by Gasteiger charge is -2.28. The van der Waals surface area contributed by atoms with Gasteiger partial charge in [-0.3, -0.25) is 13.9 Å². The van der Waals surface area contributed by atoms with Gasteiger partial charge in [-0.25, -0.2) is 4.79 Å². The van der Waals surface area contributed by atoms with Crippen LogP contribution in [0.4, 0.5) is 0 Å². The Balaban J connectivity index is 1.87. The van der Waals surface area contributed by atoms with Crippen molar-refractivity contribution in [1.29, 1.82) is 0 Å². The summed E-state index contributed by atoms with van der Waals surface area (Å²) in [6.45, 7) is 0.893. The Hall–Kier alpha value is -3.98. The van der Waals surface area contributed by atoms with Crippen molar-refractivity contribution in [3.8, 4) is 28.5 Å². The van der Waals surface area contributed by atoms with Crippen molar-refractivity contribution in [3.63, 3.8) is 0 Å². The fraction of sp³-hybridized carbons (Fsp3) is 0.280. The summed E-state index contributed by atoms with van der Waals surface area (Å²) in [5, 5.41) is 10.8. The standard InChI is InChI=1S/C25H25N3O6/c1-26-21-19(24(30)27(2)25(26)31)20(14-5-8-16(32-3)9-6-14)28-11-12-34-23(22(21)28)15-7-10-18(33-4)17(29)13-15/h5-10,13,23,29H,11-12H2,1-4H3/t23-/m0/s1. The molecule has 1 aliphatic heterocycles. The van der Waals surface area contributed by atoms with Gasteiger partial charge < -0.3 is 23.9 Å². The number of nitrogens with zero attached hydrogens (tertiary/aromatic N) is 3. The van der Waals surface area contributed by atoms with Gasteiger partial charge in [-0.15, -0.1) is 0 Å². The van der Waals surface area contributed by atoms with Gasteiger partial charge in [0.2, 0.25) is 0 Å². The van der Waals surface area contributed by atoms with Gasteiger partial charge in [0.25, 0.3) is 5.56 Å². The van der Waals surface area contributed by atoms with E-state index in [1.807, 2.05) is 34.9 Å². The first kappa shape index (κ1) is 21.8. The highest BCUT2D eigenvalue weighted by molar-refractivity contribution is 5.96. The number of hydrogen-bond acceptors (Lipinski definition) is 6. The average Bonchev–Trinajstić information content (AvgIpc) is 3.21. The number of aromatic hydroxyl groups is 1. The zero-order valence-electron chi connectivity index (χ0n) is 19.4. The van der Waals surface area contributed by atoms with E-state index >= 15 is 0 Å². The fourth-order valence-corrected chi connectivity index (χ4v) is 4.75. The largest absolute Gasteiger partial charge is 0.504 e. The van der Waals surface area contributed by atoms with Crippen molar-refractivity contribution in [2.75, 3.05) is 20.8 Å². The second-order valence-corrected chi connectivity index (χ2v) is 8.23. The number of benzene rings is 2. The Kier molecular flexibility index (Phi) is 5.21. The number of phenols is 1. The molecule has 176 valence electrons. The van der Waals surface area contributed by atoms with Gasteiger partial charge in [0, 0.05) is 20.6 Å². The molecule has 0 radical (unpaired) electrons. The first-order valence-electron chi connectivity index (χ1n) is 10.8. The molecule has 0 saturated heterocycles. The van der Waals surface area contributed by atoms with Gasteiger partial charge in [-0.05, 0) is 47.5 Å². The molecule has 9 nitrogen and oxygen atoms in total. The Morgan fingerprint density at radius 2 is 1.74 bits per heavy atom. The van der Waals surface area contributed by atoms with Gasteiger partial charge in [0.1, 0.15) is 11.9 Å². The van der Waals surface area contributed by atoms with Gasteiger partial charge in [0.05, 0.1) is 43.1 Å². The van der Waals surface area contributed by atoms with Gasteiger partial charge in [-0.2, -0.15) is 0 Å². The summed E-state index contributed by atoms with van der Waals surface area (Å²) in [5.41, 5.74) is 2.64. The van der Waals surface area contributed by atoms with Crippen LogP contribution in [-0.4, -0.2) is 39.6 Å². The van der Waals surface area contributed by atoms with Gasteiger partial charge in [0.15, 0.2) is 11.5 Å². The van der Waals surface area contributed by atoms with Crippen molar-refractivity contribution < 1.29 is 19.3 Å². The first-order chi connectivity index (χ1) is 16.4. The van der Waals surface area contributed by atoms with Crippen LogP contribution in [0.1, 0.15) is 17.4 Å². The SMILES string of the molecule is COc1ccc(-c2c3c(=O)n(C)c(=O)n(C)c3c3n2CCO[C@H]3c2ccc(OC)c(O)c2)cc1. The number of hydrogen-bond donors (Lipinski definition) is 1. The zero-order valence-corrected chi connectivity index (χ0v) is 19.4. The van der Waals surface area contributed by atoms with Crippen LogP contribution in [0, 0.1) is 0 Å². The zero-order chi connectivity index (χ0) is 24.1. The Bertz CT molecular complexity index is 1530. The average molecular weight is 463 g/mol. The van der Waals surface area contributed by atoms with Crippen LogP contribution in [0.2, 0.25) is 0 Å². The van der Waals surface area contributed by atoms with Crippen molar-refractivity contribution in [2.45, 2.75) is 12.6 Å². The van der Waals surface area contributed by atoms with Crippen LogP contribution in [-0.2, 0) is 25.4 Å². The summed E-state index contributed by atoms with van der Waals surface area (Å²) in [4.78, 5) is 26.3. The summed E-state index contributed by atoms with van der Waals surface area (Å²) in [6, 6.07) is 12.5. The van der Waals surface area contributed by atoms with Gasteiger partial charge in [-0.1, -0.05) is 6.07 Å². The predicted octanol–water partition coefficient (Wildman–Crippen LogP) is 2.55. The Morgan fingerprint density at radius 3 is 2.38 bits per heavy atom. The van der Waals surface area contributed by atoms with Crippen molar-refractivity contribution in [1.82, 2.24) is 13.7 Å². The van der Waals surface area contributed by atoms with Crippen molar-refractivity contribution in [2.24, 2.45) is 14.1 Å².